The summed E-state index contributed by atoms with van der Waals surface area (Å²) in [6.45, 7) is 7.38. The van der Waals surface area contributed by atoms with Gasteiger partial charge < -0.3 is 28.8 Å². The molecule has 7 nitrogen and oxygen atoms in total. The van der Waals surface area contributed by atoms with E-state index >= 15 is 0 Å². The monoisotopic (exact) mass is 445 g/mol. The number of aryl methyl sites for hydroxylation is 2. The van der Waals surface area contributed by atoms with Crippen molar-refractivity contribution in [1.29, 1.82) is 0 Å². The third-order valence-electron chi connectivity index (χ3n) is 5.57. The highest BCUT2D eigenvalue weighted by molar-refractivity contribution is 5.54. The Morgan fingerprint density at radius 1 is 1.19 bits per heavy atom. The number of ether oxygens (including phenoxy) is 3. The number of oxazole rings is 1. The maximum Gasteiger partial charge on any atom is 0.226 e. The number of aromatic nitrogens is 1. The van der Waals surface area contributed by atoms with E-state index in [-0.39, 0.29) is 12.7 Å². The second kappa shape index (κ2) is 12.3. The quantitative estimate of drug-likeness (QED) is 0.379. The van der Waals surface area contributed by atoms with Crippen LogP contribution >= 0.6 is 0 Å². The maximum atomic E-state index is 9.34. The Bertz CT molecular complexity index is 845. The van der Waals surface area contributed by atoms with Gasteiger partial charge in [-0.3, -0.25) is 0 Å². The molecular formula is C25H35NO6. The molecule has 1 aromatic carbocycles. The van der Waals surface area contributed by atoms with Gasteiger partial charge in [0.15, 0.2) is 6.29 Å². The first-order valence-electron chi connectivity index (χ1n) is 11.4. The minimum Gasteiger partial charge on any atom is -0.441 e. The van der Waals surface area contributed by atoms with Crippen molar-refractivity contribution in [3.63, 3.8) is 0 Å². The summed E-state index contributed by atoms with van der Waals surface area (Å²) in [6.07, 6.45) is 4.41. The fraction of sp³-hybridized carbons (Fsp3) is 0.560. The molecule has 0 spiro atoms. The molecule has 0 saturated heterocycles. The zero-order chi connectivity index (χ0) is 22.9. The number of rotatable bonds is 12. The van der Waals surface area contributed by atoms with Crippen LogP contribution in [-0.4, -0.2) is 53.5 Å². The predicted octanol–water partition coefficient (Wildman–Crippen LogP) is 3.80. The van der Waals surface area contributed by atoms with Crippen molar-refractivity contribution in [2.24, 2.45) is 5.92 Å². The van der Waals surface area contributed by atoms with Crippen molar-refractivity contribution >= 4 is 0 Å². The molecule has 0 aliphatic heterocycles. The highest BCUT2D eigenvalue weighted by Gasteiger charge is 2.22. The summed E-state index contributed by atoms with van der Waals surface area (Å²) < 4.78 is 23.1. The smallest absolute Gasteiger partial charge is 0.226 e. The summed E-state index contributed by atoms with van der Waals surface area (Å²) >= 11 is 0. The topological polar surface area (TPSA) is 94.2 Å². The molecule has 1 aliphatic rings. The van der Waals surface area contributed by atoms with Crippen LogP contribution in [0.5, 0.6) is 0 Å². The Labute approximate surface area is 190 Å². The van der Waals surface area contributed by atoms with Gasteiger partial charge in [-0.25, -0.2) is 4.98 Å². The molecule has 0 saturated carbocycles. The minimum atomic E-state index is -1.54. The average molecular weight is 446 g/mol. The van der Waals surface area contributed by atoms with Gasteiger partial charge in [-0.2, -0.15) is 0 Å². The molecule has 1 aromatic heterocycles. The summed E-state index contributed by atoms with van der Waals surface area (Å²) in [5.74, 6) is 1.78. The molecule has 3 unspecified atom stereocenters. The van der Waals surface area contributed by atoms with E-state index in [1.54, 1.807) is 0 Å². The number of aliphatic hydroxyl groups excluding tert-OH is 1. The zero-order valence-electron chi connectivity index (χ0n) is 19.2. The molecule has 2 aromatic rings. The van der Waals surface area contributed by atoms with E-state index in [0.29, 0.717) is 31.6 Å². The van der Waals surface area contributed by atoms with Gasteiger partial charge in [0.05, 0.1) is 19.3 Å². The Morgan fingerprint density at radius 2 is 1.97 bits per heavy atom. The fourth-order valence-electron chi connectivity index (χ4n) is 3.75. The fourth-order valence-corrected chi connectivity index (χ4v) is 3.75. The first-order chi connectivity index (χ1) is 15.5. The zero-order valence-corrected chi connectivity index (χ0v) is 19.2. The third kappa shape index (κ3) is 6.98. The van der Waals surface area contributed by atoms with Crippen molar-refractivity contribution < 1.29 is 28.8 Å². The molecule has 1 aliphatic carbocycles. The molecule has 3 rings (SSSR count). The first kappa shape index (κ1) is 24.6. The van der Waals surface area contributed by atoms with Gasteiger partial charge in [-0.15, -0.1) is 0 Å². The van der Waals surface area contributed by atoms with Gasteiger partial charge in [-0.1, -0.05) is 36.8 Å². The molecule has 7 heteroatoms. The van der Waals surface area contributed by atoms with Crippen molar-refractivity contribution in [2.45, 2.75) is 65.1 Å². The normalized spacial score (nSPS) is 19.6. The van der Waals surface area contributed by atoms with E-state index in [4.69, 9.17) is 18.6 Å². The van der Waals surface area contributed by atoms with Crippen LogP contribution in [0, 0.1) is 12.8 Å². The third-order valence-corrected chi connectivity index (χ3v) is 5.57. The highest BCUT2D eigenvalue weighted by Crippen LogP contribution is 2.26. The van der Waals surface area contributed by atoms with Gasteiger partial charge in [0.25, 0.3) is 0 Å². The Balaban J connectivity index is 1.51. The molecule has 2 N–H and O–H groups in total. The number of hydrogen-bond donors (Lipinski definition) is 2. The Kier molecular flexibility index (Phi) is 9.44. The largest absolute Gasteiger partial charge is 0.441 e. The van der Waals surface area contributed by atoms with Crippen molar-refractivity contribution in [1.82, 2.24) is 4.98 Å². The lowest BCUT2D eigenvalue weighted by atomic mass is 9.93. The van der Waals surface area contributed by atoms with E-state index in [2.05, 4.69) is 31.0 Å². The summed E-state index contributed by atoms with van der Waals surface area (Å²) in [5.41, 5.74) is 3.00. The second-order valence-electron chi connectivity index (χ2n) is 8.17. The van der Waals surface area contributed by atoms with Gasteiger partial charge in [0.2, 0.25) is 5.89 Å². The van der Waals surface area contributed by atoms with Crippen LogP contribution in [0.1, 0.15) is 43.7 Å². The van der Waals surface area contributed by atoms with Crippen molar-refractivity contribution in [3.05, 3.63) is 53.4 Å². The number of benzene rings is 1. The van der Waals surface area contributed by atoms with Crippen LogP contribution in [0.2, 0.25) is 0 Å². The predicted molar refractivity (Wildman–Crippen MR) is 121 cm³/mol. The Hall–Kier alpha value is -2.03. The molecule has 1 heterocycles. The SMILES string of the molecule is CCOC(COCC1CC=CC(OCc2nc(-c3ccc(C)cc3)oc2CC)C1)C(O)O. The lowest BCUT2D eigenvalue weighted by Gasteiger charge is -2.26. The van der Waals surface area contributed by atoms with E-state index in [1.165, 1.54) is 5.56 Å². The molecule has 3 atom stereocenters. The van der Waals surface area contributed by atoms with Crippen LogP contribution < -0.4 is 0 Å². The van der Waals surface area contributed by atoms with Gasteiger partial charge in [-0.05, 0) is 44.7 Å². The average Bonchev–Trinajstić information content (AvgIpc) is 3.21. The summed E-state index contributed by atoms with van der Waals surface area (Å²) in [6, 6.07) is 8.14. The maximum absolute atomic E-state index is 9.34. The lowest BCUT2D eigenvalue weighted by molar-refractivity contribution is -0.165. The van der Waals surface area contributed by atoms with E-state index < -0.39 is 12.4 Å². The Morgan fingerprint density at radius 3 is 2.66 bits per heavy atom. The van der Waals surface area contributed by atoms with Crippen LogP contribution in [0.4, 0.5) is 0 Å². The van der Waals surface area contributed by atoms with Crippen LogP contribution in [0.15, 0.2) is 40.8 Å². The van der Waals surface area contributed by atoms with Gasteiger partial charge >= 0.3 is 0 Å². The molecule has 32 heavy (non-hydrogen) atoms. The van der Waals surface area contributed by atoms with Crippen molar-refractivity contribution in [2.75, 3.05) is 19.8 Å². The van der Waals surface area contributed by atoms with E-state index in [1.807, 2.05) is 31.2 Å². The van der Waals surface area contributed by atoms with Gasteiger partial charge in [0, 0.05) is 25.2 Å². The number of aliphatic hydroxyl groups is 2. The van der Waals surface area contributed by atoms with Crippen LogP contribution in [0.25, 0.3) is 11.5 Å². The first-order valence-corrected chi connectivity index (χ1v) is 11.4. The lowest BCUT2D eigenvalue weighted by Crippen LogP contribution is -2.34. The molecule has 0 bridgehead atoms. The molecule has 0 amide bonds. The number of nitrogens with zero attached hydrogens (tertiary/aromatic N) is 1. The number of hydrogen-bond acceptors (Lipinski definition) is 7. The molecular weight excluding hydrogens is 410 g/mol. The minimum absolute atomic E-state index is 0.0206. The van der Waals surface area contributed by atoms with E-state index in [0.717, 1.165) is 36.3 Å². The summed E-state index contributed by atoms with van der Waals surface area (Å²) in [4.78, 5) is 4.69. The highest BCUT2D eigenvalue weighted by atomic mass is 16.6. The summed E-state index contributed by atoms with van der Waals surface area (Å²) in [7, 11) is 0. The molecule has 0 fully saturated rings. The van der Waals surface area contributed by atoms with Gasteiger partial charge in [0.1, 0.15) is 17.6 Å². The molecule has 0 radical (unpaired) electrons. The standard InChI is InChI=1S/C25H35NO6/c1-4-22-21(26-24(32-22)19-11-9-17(3)10-12-19)15-31-20-8-6-7-18(13-20)14-29-16-23(25(27)28)30-5-2/h6,8-12,18,20,23,25,27-28H,4-5,7,13-16H2,1-3H3. The van der Waals surface area contributed by atoms with Crippen LogP contribution in [0.3, 0.4) is 0 Å². The van der Waals surface area contributed by atoms with Crippen molar-refractivity contribution in [3.8, 4) is 11.5 Å². The van der Waals surface area contributed by atoms with Crippen LogP contribution in [-0.2, 0) is 27.2 Å². The number of allylic oxidation sites excluding steroid dienone is 1. The molecule has 176 valence electrons. The second-order valence-corrected chi connectivity index (χ2v) is 8.17. The van der Waals surface area contributed by atoms with E-state index in [9.17, 15) is 10.2 Å². The summed E-state index contributed by atoms with van der Waals surface area (Å²) in [5, 5.41) is 18.7.